The summed E-state index contributed by atoms with van der Waals surface area (Å²) in [5, 5.41) is 10.3. The molecule has 3 rings (SSSR count). The maximum Gasteiger partial charge on any atom is 0.345 e. The minimum absolute atomic E-state index is 0.00400. The Morgan fingerprint density at radius 3 is 2.12 bits per heavy atom. The van der Waals surface area contributed by atoms with Gasteiger partial charge in [0.2, 0.25) is 5.60 Å². The number of rotatable bonds is 6. The zero-order valence-electron chi connectivity index (χ0n) is 14.4. The van der Waals surface area contributed by atoms with Crippen molar-refractivity contribution in [2.45, 2.75) is 31.8 Å². The molecule has 0 amide bonds. The molecule has 2 aromatic carbocycles. The molecule has 1 N–H and O–H groups in total. The molecule has 1 aliphatic rings. The van der Waals surface area contributed by atoms with Crippen LogP contribution >= 0.6 is 0 Å². The van der Waals surface area contributed by atoms with E-state index in [1.165, 1.54) is 0 Å². The van der Waals surface area contributed by atoms with Crippen molar-refractivity contribution in [2.24, 2.45) is 5.92 Å². The number of hydrogen-bond donors (Lipinski definition) is 1. The fourth-order valence-electron chi connectivity index (χ4n) is 3.53. The van der Waals surface area contributed by atoms with Crippen molar-refractivity contribution in [2.75, 3.05) is 6.61 Å². The first-order valence-electron chi connectivity index (χ1n) is 8.50. The number of carbonyl (C=O) groups excluding carboxylic acids is 2. The van der Waals surface area contributed by atoms with Gasteiger partial charge in [-0.1, -0.05) is 62.4 Å². The highest BCUT2D eigenvalue weighted by Gasteiger charge is 2.39. The molecule has 0 aliphatic heterocycles. The third-order valence-corrected chi connectivity index (χ3v) is 4.61. The first-order valence-corrected chi connectivity index (χ1v) is 8.50. The second-order valence-electron chi connectivity index (χ2n) is 6.97. The first kappa shape index (κ1) is 17.4. The molecule has 0 fully saturated rings. The van der Waals surface area contributed by atoms with E-state index in [9.17, 15) is 14.7 Å². The largest absolute Gasteiger partial charge is 0.462 e. The Morgan fingerprint density at radius 1 is 1.12 bits per heavy atom. The van der Waals surface area contributed by atoms with Crippen LogP contribution in [0.15, 0.2) is 48.5 Å². The van der Waals surface area contributed by atoms with Gasteiger partial charge in [0.15, 0.2) is 6.29 Å². The van der Waals surface area contributed by atoms with Crippen LogP contribution < -0.4 is 0 Å². The maximum absolute atomic E-state index is 12.3. The molecule has 0 saturated heterocycles. The normalized spacial score (nSPS) is 15.4. The van der Waals surface area contributed by atoms with Crippen LogP contribution in [0.25, 0.3) is 11.1 Å². The Kier molecular flexibility index (Phi) is 4.73. The monoisotopic (exact) mass is 338 g/mol. The molecule has 4 heteroatoms. The van der Waals surface area contributed by atoms with E-state index in [4.69, 9.17) is 4.74 Å². The standard InChI is InChI=1S/C21H22O4/c1-14(2)11-21(24,13-22)20(23)25-12-19-17-9-5-3-7-15(17)16-8-4-6-10-18(16)19/h3-10,13-14,19,24H,11-12H2,1-2H3. The van der Waals surface area contributed by atoms with Gasteiger partial charge in [-0.15, -0.1) is 0 Å². The smallest absolute Gasteiger partial charge is 0.345 e. The fraction of sp³-hybridized carbons (Fsp3) is 0.333. The van der Waals surface area contributed by atoms with E-state index in [0.717, 1.165) is 22.3 Å². The highest BCUT2D eigenvalue weighted by molar-refractivity contribution is 5.96. The van der Waals surface area contributed by atoms with E-state index in [1.807, 2.05) is 50.2 Å². The van der Waals surface area contributed by atoms with Gasteiger partial charge in [0.25, 0.3) is 0 Å². The van der Waals surface area contributed by atoms with Gasteiger partial charge in [-0.2, -0.15) is 0 Å². The molecule has 4 nitrogen and oxygen atoms in total. The van der Waals surface area contributed by atoms with Crippen LogP contribution in [0.5, 0.6) is 0 Å². The Hall–Kier alpha value is -2.46. The molecule has 0 spiro atoms. The number of aliphatic hydroxyl groups is 1. The highest BCUT2D eigenvalue weighted by Crippen LogP contribution is 2.44. The number of ether oxygens (including phenoxy) is 1. The van der Waals surface area contributed by atoms with Crippen molar-refractivity contribution < 1.29 is 19.4 Å². The van der Waals surface area contributed by atoms with Gasteiger partial charge in [-0.25, -0.2) is 4.79 Å². The van der Waals surface area contributed by atoms with Crippen molar-refractivity contribution in [3.05, 3.63) is 59.7 Å². The second-order valence-corrected chi connectivity index (χ2v) is 6.97. The van der Waals surface area contributed by atoms with Gasteiger partial charge in [0.05, 0.1) is 0 Å². The van der Waals surface area contributed by atoms with Crippen molar-refractivity contribution in [3.63, 3.8) is 0 Å². The predicted molar refractivity (Wildman–Crippen MR) is 95.1 cm³/mol. The molecule has 1 atom stereocenters. The van der Waals surface area contributed by atoms with Gasteiger partial charge in [0, 0.05) is 5.92 Å². The average molecular weight is 338 g/mol. The second kappa shape index (κ2) is 6.81. The van der Waals surface area contributed by atoms with E-state index in [0.29, 0.717) is 0 Å². The number of benzene rings is 2. The summed E-state index contributed by atoms with van der Waals surface area (Å²) in [5.41, 5.74) is 2.37. The predicted octanol–water partition coefficient (Wildman–Crippen LogP) is 3.32. The number of carbonyl (C=O) groups is 2. The molecule has 1 unspecified atom stereocenters. The number of hydrogen-bond acceptors (Lipinski definition) is 4. The highest BCUT2D eigenvalue weighted by atomic mass is 16.6. The third-order valence-electron chi connectivity index (χ3n) is 4.61. The molecule has 25 heavy (non-hydrogen) atoms. The summed E-state index contributed by atoms with van der Waals surface area (Å²) in [6, 6.07) is 16.0. The van der Waals surface area contributed by atoms with Crippen molar-refractivity contribution in [1.82, 2.24) is 0 Å². The van der Waals surface area contributed by atoms with Crippen LogP contribution in [0, 0.1) is 5.92 Å². The van der Waals surface area contributed by atoms with Gasteiger partial charge < -0.3 is 9.84 Å². The molecular weight excluding hydrogens is 316 g/mol. The van der Waals surface area contributed by atoms with Crippen LogP contribution in [0.2, 0.25) is 0 Å². The van der Waals surface area contributed by atoms with Gasteiger partial charge in [-0.05, 0) is 34.6 Å². The molecule has 0 aromatic heterocycles. The fourth-order valence-corrected chi connectivity index (χ4v) is 3.53. The van der Waals surface area contributed by atoms with E-state index >= 15 is 0 Å². The number of fused-ring (bicyclic) bond motifs is 3. The molecular formula is C21H22O4. The summed E-state index contributed by atoms with van der Waals surface area (Å²) < 4.78 is 5.38. The molecule has 2 aromatic rings. The summed E-state index contributed by atoms with van der Waals surface area (Å²) in [4.78, 5) is 23.6. The Morgan fingerprint density at radius 2 is 1.64 bits per heavy atom. The molecule has 0 heterocycles. The maximum atomic E-state index is 12.3. The average Bonchev–Trinajstić information content (AvgIpc) is 2.93. The zero-order valence-corrected chi connectivity index (χ0v) is 14.4. The van der Waals surface area contributed by atoms with E-state index < -0.39 is 11.6 Å². The summed E-state index contributed by atoms with van der Waals surface area (Å²) in [6.07, 6.45) is 0.332. The van der Waals surface area contributed by atoms with E-state index in [-0.39, 0.29) is 31.1 Å². The van der Waals surface area contributed by atoms with Gasteiger partial charge >= 0.3 is 5.97 Å². The van der Waals surface area contributed by atoms with Gasteiger partial charge in [-0.3, -0.25) is 4.79 Å². The Bertz CT molecular complexity index is 750. The minimum atomic E-state index is -2.08. The van der Waals surface area contributed by atoms with Gasteiger partial charge in [0.1, 0.15) is 6.61 Å². The number of aldehydes is 1. The lowest BCUT2D eigenvalue weighted by atomic mass is 9.93. The van der Waals surface area contributed by atoms with Crippen molar-refractivity contribution >= 4 is 12.3 Å². The molecule has 1 aliphatic carbocycles. The van der Waals surface area contributed by atoms with Crippen LogP contribution in [0.4, 0.5) is 0 Å². The minimum Gasteiger partial charge on any atom is -0.462 e. The van der Waals surface area contributed by atoms with E-state index in [1.54, 1.807) is 0 Å². The lowest BCUT2D eigenvalue weighted by molar-refractivity contribution is -0.168. The van der Waals surface area contributed by atoms with Crippen LogP contribution in [-0.4, -0.2) is 29.6 Å². The Labute approximate surface area is 147 Å². The van der Waals surface area contributed by atoms with Crippen LogP contribution in [0.3, 0.4) is 0 Å². The zero-order chi connectivity index (χ0) is 18.0. The van der Waals surface area contributed by atoms with E-state index in [2.05, 4.69) is 12.1 Å². The first-order chi connectivity index (χ1) is 12.0. The van der Waals surface area contributed by atoms with Crippen LogP contribution in [0.1, 0.15) is 37.3 Å². The topological polar surface area (TPSA) is 63.6 Å². The summed E-state index contributed by atoms with van der Waals surface area (Å²) in [5.74, 6) is -0.972. The molecule has 0 saturated carbocycles. The lowest BCUT2D eigenvalue weighted by Gasteiger charge is -2.23. The molecule has 0 radical (unpaired) electrons. The van der Waals surface area contributed by atoms with Crippen molar-refractivity contribution in [3.8, 4) is 11.1 Å². The Balaban J connectivity index is 1.82. The molecule has 130 valence electrons. The lowest BCUT2D eigenvalue weighted by Crippen LogP contribution is -2.43. The van der Waals surface area contributed by atoms with Crippen molar-refractivity contribution in [1.29, 1.82) is 0 Å². The summed E-state index contributed by atoms with van der Waals surface area (Å²) in [6.45, 7) is 3.78. The van der Waals surface area contributed by atoms with Crippen LogP contribution in [-0.2, 0) is 14.3 Å². The number of esters is 1. The molecule has 0 bridgehead atoms. The summed E-state index contributed by atoms with van der Waals surface area (Å²) in [7, 11) is 0. The third kappa shape index (κ3) is 3.22. The SMILES string of the molecule is CC(C)CC(O)(C=O)C(=O)OCC1c2ccccc2-c2ccccc21. The summed E-state index contributed by atoms with van der Waals surface area (Å²) >= 11 is 0. The quantitative estimate of drug-likeness (QED) is 0.498.